The molecular weight excluding hydrogens is 306 g/mol. The number of hydrogen-bond acceptors (Lipinski definition) is 4. The van der Waals surface area contributed by atoms with Crippen LogP contribution in [0.5, 0.6) is 11.5 Å². The number of hydrogen-bond donors (Lipinski definition) is 1. The van der Waals surface area contributed by atoms with Gasteiger partial charge in [-0.05, 0) is 37.3 Å². The van der Waals surface area contributed by atoms with Gasteiger partial charge >= 0.3 is 0 Å². The first-order chi connectivity index (χ1) is 11.7. The second kappa shape index (κ2) is 7.08. The molecule has 1 amide bonds. The SMILES string of the molecule is CCOc1ccccc1NC(=O)Cc1coc2ccc(OC)cc12. The first-order valence-corrected chi connectivity index (χ1v) is 7.77. The van der Waals surface area contributed by atoms with Gasteiger partial charge in [-0.2, -0.15) is 0 Å². The van der Waals surface area contributed by atoms with Crippen molar-refractivity contribution in [2.24, 2.45) is 0 Å². The maximum Gasteiger partial charge on any atom is 0.229 e. The van der Waals surface area contributed by atoms with Gasteiger partial charge in [0.2, 0.25) is 5.91 Å². The van der Waals surface area contributed by atoms with Gasteiger partial charge in [-0.3, -0.25) is 4.79 Å². The van der Waals surface area contributed by atoms with E-state index < -0.39 is 0 Å². The predicted molar refractivity (Wildman–Crippen MR) is 92.7 cm³/mol. The van der Waals surface area contributed by atoms with Crippen LogP contribution < -0.4 is 14.8 Å². The fraction of sp³-hybridized carbons (Fsp3) is 0.211. The fourth-order valence-corrected chi connectivity index (χ4v) is 2.54. The number of methoxy groups -OCH3 is 1. The van der Waals surface area contributed by atoms with Gasteiger partial charge in [0.1, 0.15) is 17.1 Å². The lowest BCUT2D eigenvalue weighted by Crippen LogP contribution is -2.15. The first-order valence-electron chi connectivity index (χ1n) is 7.77. The number of rotatable bonds is 6. The molecule has 0 aliphatic heterocycles. The van der Waals surface area contributed by atoms with Crippen LogP contribution in [-0.4, -0.2) is 19.6 Å². The summed E-state index contributed by atoms with van der Waals surface area (Å²) >= 11 is 0. The van der Waals surface area contributed by atoms with Gasteiger partial charge in [-0.1, -0.05) is 12.1 Å². The Morgan fingerprint density at radius 1 is 1.21 bits per heavy atom. The third-order valence-electron chi connectivity index (χ3n) is 3.67. The molecule has 0 aliphatic carbocycles. The van der Waals surface area contributed by atoms with Gasteiger partial charge in [0.05, 0.1) is 32.1 Å². The zero-order valence-electron chi connectivity index (χ0n) is 13.7. The molecule has 124 valence electrons. The zero-order chi connectivity index (χ0) is 16.9. The van der Waals surface area contributed by atoms with Crippen LogP contribution in [-0.2, 0) is 11.2 Å². The molecule has 0 fully saturated rings. The number of para-hydroxylation sites is 2. The minimum atomic E-state index is -0.132. The molecule has 0 saturated carbocycles. The third kappa shape index (κ3) is 3.35. The van der Waals surface area contributed by atoms with Crippen molar-refractivity contribution in [2.45, 2.75) is 13.3 Å². The molecular formula is C19H19NO4. The van der Waals surface area contributed by atoms with Crippen LogP contribution in [0.4, 0.5) is 5.69 Å². The summed E-state index contributed by atoms with van der Waals surface area (Å²) in [4.78, 5) is 12.4. The minimum absolute atomic E-state index is 0.132. The Hall–Kier alpha value is -2.95. The molecule has 3 rings (SSSR count). The fourth-order valence-electron chi connectivity index (χ4n) is 2.54. The van der Waals surface area contributed by atoms with Crippen molar-refractivity contribution < 1.29 is 18.7 Å². The molecule has 5 heteroatoms. The Morgan fingerprint density at radius 2 is 2.04 bits per heavy atom. The second-order valence-electron chi connectivity index (χ2n) is 5.28. The van der Waals surface area contributed by atoms with Gasteiger partial charge < -0.3 is 19.2 Å². The monoisotopic (exact) mass is 325 g/mol. The average Bonchev–Trinajstić information content (AvgIpc) is 2.99. The summed E-state index contributed by atoms with van der Waals surface area (Å²) in [6, 6.07) is 12.9. The molecule has 1 aromatic heterocycles. The number of furan rings is 1. The normalized spacial score (nSPS) is 10.6. The Labute approximate surface area is 140 Å². The number of nitrogens with one attached hydrogen (secondary N) is 1. The molecule has 0 radical (unpaired) electrons. The number of carbonyl (C=O) groups excluding carboxylic acids is 1. The van der Waals surface area contributed by atoms with Gasteiger partial charge in [-0.25, -0.2) is 0 Å². The Kier molecular flexibility index (Phi) is 4.70. The lowest BCUT2D eigenvalue weighted by atomic mass is 10.1. The van der Waals surface area contributed by atoms with Gasteiger partial charge in [-0.15, -0.1) is 0 Å². The second-order valence-corrected chi connectivity index (χ2v) is 5.28. The molecule has 2 aromatic carbocycles. The lowest BCUT2D eigenvalue weighted by molar-refractivity contribution is -0.115. The van der Waals surface area contributed by atoms with Crippen LogP contribution in [0.1, 0.15) is 12.5 Å². The molecule has 3 aromatic rings. The van der Waals surface area contributed by atoms with Crippen LogP contribution in [0, 0.1) is 0 Å². The Morgan fingerprint density at radius 3 is 2.83 bits per heavy atom. The maximum atomic E-state index is 12.4. The quantitative estimate of drug-likeness (QED) is 0.743. The summed E-state index contributed by atoms with van der Waals surface area (Å²) in [5.41, 5.74) is 2.21. The number of ether oxygens (including phenoxy) is 2. The Bertz CT molecular complexity index is 853. The molecule has 0 aliphatic rings. The highest BCUT2D eigenvalue weighted by Crippen LogP contribution is 2.27. The van der Waals surface area contributed by atoms with Crippen LogP contribution in [0.2, 0.25) is 0 Å². The molecule has 0 spiro atoms. The molecule has 0 bridgehead atoms. The third-order valence-corrected chi connectivity index (χ3v) is 3.67. The number of carbonyl (C=O) groups is 1. The molecule has 24 heavy (non-hydrogen) atoms. The van der Waals surface area contributed by atoms with Crippen molar-refractivity contribution >= 4 is 22.6 Å². The number of fused-ring (bicyclic) bond motifs is 1. The molecule has 1 N–H and O–H groups in total. The van der Waals surface area contributed by atoms with E-state index in [2.05, 4.69) is 5.32 Å². The van der Waals surface area contributed by atoms with Crippen LogP contribution >= 0.6 is 0 Å². The highest BCUT2D eigenvalue weighted by atomic mass is 16.5. The van der Waals surface area contributed by atoms with Gasteiger partial charge in [0, 0.05) is 10.9 Å². The highest BCUT2D eigenvalue weighted by molar-refractivity contribution is 5.96. The molecule has 0 unspecified atom stereocenters. The van der Waals surface area contributed by atoms with Crippen molar-refractivity contribution in [3.05, 3.63) is 54.3 Å². The molecule has 1 heterocycles. The van der Waals surface area contributed by atoms with E-state index >= 15 is 0 Å². The highest BCUT2D eigenvalue weighted by Gasteiger charge is 2.13. The largest absolute Gasteiger partial charge is 0.497 e. The Balaban J connectivity index is 1.78. The zero-order valence-corrected chi connectivity index (χ0v) is 13.7. The standard InChI is InChI=1S/C19H19NO4/c1-3-23-18-7-5-4-6-16(18)20-19(21)10-13-12-24-17-9-8-14(22-2)11-15(13)17/h4-9,11-12H,3,10H2,1-2H3,(H,20,21). The predicted octanol–water partition coefficient (Wildman–Crippen LogP) is 4.02. The smallest absolute Gasteiger partial charge is 0.229 e. The summed E-state index contributed by atoms with van der Waals surface area (Å²) < 4.78 is 16.3. The van der Waals surface area contributed by atoms with E-state index in [1.165, 1.54) is 0 Å². The van der Waals surface area contributed by atoms with E-state index in [0.717, 1.165) is 22.3 Å². The van der Waals surface area contributed by atoms with E-state index in [1.54, 1.807) is 13.4 Å². The van der Waals surface area contributed by atoms with Crippen LogP contribution in [0.15, 0.2) is 53.1 Å². The van der Waals surface area contributed by atoms with Crippen LogP contribution in [0.25, 0.3) is 11.0 Å². The summed E-state index contributed by atoms with van der Waals surface area (Å²) in [6.45, 7) is 2.45. The van der Waals surface area contributed by atoms with Gasteiger partial charge in [0.15, 0.2) is 0 Å². The summed E-state index contributed by atoms with van der Waals surface area (Å²) in [7, 11) is 1.61. The van der Waals surface area contributed by atoms with E-state index in [9.17, 15) is 4.79 Å². The topological polar surface area (TPSA) is 60.7 Å². The molecule has 0 saturated heterocycles. The van der Waals surface area contributed by atoms with Crippen molar-refractivity contribution in [3.63, 3.8) is 0 Å². The first kappa shape index (κ1) is 15.9. The summed E-state index contributed by atoms with van der Waals surface area (Å²) in [5, 5.41) is 3.77. The van der Waals surface area contributed by atoms with E-state index in [4.69, 9.17) is 13.9 Å². The summed E-state index contributed by atoms with van der Waals surface area (Å²) in [5.74, 6) is 1.26. The number of amides is 1. The summed E-state index contributed by atoms with van der Waals surface area (Å²) in [6.07, 6.45) is 1.82. The lowest BCUT2D eigenvalue weighted by Gasteiger charge is -2.11. The van der Waals surface area contributed by atoms with Gasteiger partial charge in [0.25, 0.3) is 0 Å². The van der Waals surface area contributed by atoms with E-state index in [1.807, 2.05) is 49.4 Å². The van der Waals surface area contributed by atoms with Crippen molar-refractivity contribution in [3.8, 4) is 11.5 Å². The van der Waals surface area contributed by atoms with Crippen molar-refractivity contribution in [1.29, 1.82) is 0 Å². The van der Waals surface area contributed by atoms with Crippen LogP contribution in [0.3, 0.4) is 0 Å². The van der Waals surface area contributed by atoms with E-state index in [0.29, 0.717) is 18.0 Å². The minimum Gasteiger partial charge on any atom is -0.497 e. The number of benzene rings is 2. The van der Waals surface area contributed by atoms with E-state index in [-0.39, 0.29) is 12.3 Å². The maximum absolute atomic E-state index is 12.4. The van der Waals surface area contributed by atoms with Crippen molar-refractivity contribution in [1.82, 2.24) is 0 Å². The molecule has 0 atom stereocenters. The average molecular weight is 325 g/mol. The molecule has 5 nitrogen and oxygen atoms in total. The number of anilines is 1. The van der Waals surface area contributed by atoms with Crippen molar-refractivity contribution in [2.75, 3.05) is 19.0 Å².